The Kier molecular flexibility index (Phi) is 6.56. The largest absolute Gasteiger partial charge is 0.290 e. The first-order valence-electron chi connectivity index (χ1n) is 19.0. The molecular formula is C51H31N5. The molecule has 9 aromatic carbocycles. The molecule has 0 saturated carbocycles. The average Bonchev–Trinajstić information content (AvgIpc) is 3.84. The lowest BCUT2D eigenvalue weighted by molar-refractivity contribution is 1.01. The van der Waals surface area contributed by atoms with E-state index in [1.54, 1.807) is 0 Å². The second kappa shape index (κ2) is 11.9. The molecule has 0 aliphatic carbocycles. The third-order valence-electron chi connectivity index (χ3n) is 11.3. The maximum absolute atomic E-state index is 5.72. The van der Waals surface area contributed by atoms with Crippen LogP contribution in [0.2, 0.25) is 0 Å². The minimum Gasteiger partial charge on any atom is -0.290 e. The molecule has 0 aliphatic heterocycles. The lowest BCUT2D eigenvalue weighted by atomic mass is 9.91. The van der Waals surface area contributed by atoms with Gasteiger partial charge in [0, 0.05) is 43.7 Å². The standard InChI is InChI=1S/C51H31N5/c1-4-18-32(19-5-1)46-39-28-14-16-30-41(39)52-51(54-46)56-42-31-17-15-29-40(42)45-43-37-26-12-10-24-35(37)36-25-11-13-27-38(36)44(43)47-49(48(45)56)55(34-22-8-3-9-23-34)50(53-47)33-20-6-2-7-21-33/h1-31H. The van der Waals surface area contributed by atoms with Gasteiger partial charge in [0.25, 0.3) is 0 Å². The summed E-state index contributed by atoms with van der Waals surface area (Å²) in [5, 5.41) is 10.4. The minimum atomic E-state index is 0.613. The molecule has 0 fully saturated rings. The van der Waals surface area contributed by atoms with Crippen molar-refractivity contribution in [2.45, 2.75) is 0 Å². The molecule has 0 amide bonds. The highest BCUT2D eigenvalue weighted by atomic mass is 15.2. The summed E-state index contributed by atoms with van der Waals surface area (Å²) < 4.78 is 4.65. The predicted octanol–water partition coefficient (Wildman–Crippen LogP) is 12.9. The van der Waals surface area contributed by atoms with Crippen molar-refractivity contribution in [1.82, 2.24) is 24.1 Å². The molecule has 0 saturated heterocycles. The molecular weight excluding hydrogens is 683 g/mol. The molecule has 12 rings (SSSR count). The zero-order valence-corrected chi connectivity index (χ0v) is 30.1. The van der Waals surface area contributed by atoms with Gasteiger partial charge in [0.1, 0.15) is 11.3 Å². The zero-order valence-electron chi connectivity index (χ0n) is 30.1. The van der Waals surface area contributed by atoms with Crippen molar-refractivity contribution in [3.63, 3.8) is 0 Å². The molecule has 0 unspecified atom stereocenters. The summed E-state index contributed by atoms with van der Waals surface area (Å²) in [7, 11) is 0. The molecule has 3 aromatic heterocycles. The second-order valence-corrected chi connectivity index (χ2v) is 14.3. The average molecular weight is 714 g/mol. The van der Waals surface area contributed by atoms with Crippen molar-refractivity contribution >= 4 is 76.1 Å². The Balaban J connectivity index is 1.40. The highest BCUT2D eigenvalue weighted by Gasteiger charge is 2.28. The van der Waals surface area contributed by atoms with E-state index in [-0.39, 0.29) is 0 Å². The summed E-state index contributed by atoms with van der Waals surface area (Å²) in [5.41, 5.74) is 8.88. The molecule has 56 heavy (non-hydrogen) atoms. The first-order chi connectivity index (χ1) is 27.8. The van der Waals surface area contributed by atoms with E-state index in [1.165, 1.54) is 26.9 Å². The van der Waals surface area contributed by atoms with Gasteiger partial charge in [-0.15, -0.1) is 0 Å². The van der Waals surface area contributed by atoms with Gasteiger partial charge in [-0.05, 0) is 45.8 Å². The van der Waals surface area contributed by atoms with Crippen LogP contribution >= 0.6 is 0 Å². The lowest BCUT2D eigenvalue weighted by Gasteiger charge is -2.16. The smallest absolute Gasteiger partial charge is 0.235 e. The molecule has 0 N–H and O–H groups in total. The van der Waals surface area contributed by atoms with E-state index in [4.69, 9.17) is 15.0 Å². The van der Waals surface area contributed by atoms with Gasteiger partial charge in [-0.3, -0.25) is 9.13 Å². The Morgan fingerprint density at radius 2 is 0.875 bits per heavy atom. The summed E-state index contributed by atoms with van der Waals surface area (Å²) in [6.45, 7) is 0. The molecule has 3 heterocycles. The summed E-state index contributed by atoms with van der Waals surface area (Å²) in [4.78, 5) is 16.6. The topological polar surface area (TPSA) is 48.5 Å². The Morgan fingerprint density at radius 3 is 1.57 bits per heavy atom. The minimum absolute atomic E-state index is 0.613. The first-order valence-corrected chi connectivity index (χ1v) is 19.0. The monoisotopic (exact) mass is 713 g/mol. The zero-order chi connectivity index (χ0) is 36.7. The lowest BCUT2D eigenvalue weighted by Crippen LogP contribution is -2.05. The van der Waals surface area contributed by atoms with Crippen LogP contribution in [-0.4, -0.2) is 24.1 Å². The van der Waals surface area contributed by atoms with E-state index in [9.17, 15) is 0 Å². The van der Waals surface area contributed by atoms with Crippen molar-refractivity contribution in [3.05, 3.63) is 188 Å². The molecule has 0 spiro atoms. The van der Waals surface area contributed by atoms with Crippen LogP contribution in [0.3, 0.4) is 0 Å². The third kappa shape index (κ3) is 4.34. The molecule has 5 heteroatoms. The van der Waals surface area contributed by atoms with Crippen molar-refractivity contribution in [2.75, 3.05) is 0 Å². The Hall–Kier alpha value is -7.63. The van der Waals surface area contributed by atoms with Gasteiger partial charge in [-0.2, -0.15) is 0 Å². The predicted molar refractivity (Wildman–Crippen MR) is 232 cm³/mol. The molecule has 260 valence electrons. The summed E-state index contributed by atoms with van der Waals surface area (Å²) in [6.07, 6.45) is 0. The van der Waals surface area contributed by atoms with Crippen LogP contribution in [0.25, 0.3) is 110 Å². The number of nitrogens with zero attached hydrogens (tertiary/aromatic N) is 5. The summed E-state index contributed by atoms with van der Waals surface area (Å²) >= 11 is 0. The van der Waals surface area contributed by atoms with Crippen LogP contribution < -0.4 is 0 Å². The fraction of sp³-hybridized carbons (Fsp3) is 0. The van der Waals surface area contributed by atoms with Crippen LogP contribution in [0.4, 0.5) is 0 Å². The van der Waals surface area contributed by atoms with Crippen molar-refractivity contribution in [3.8, 4) is 34.3 Å². The first kappa shape index (κ1) is 30.8. The van der Waals surface area contributed by atoms with Crippen LogP contribution in [-0.2, 0) is 0 Å². The van der Waals surface area contributed by atoms with Gasteiger partial charge in [-0.1, -0.05) is 164 Å². The summed E-state index contributed by atoms with van der Waals surface area (Å²) in [6, 6.07) is 66.3. The van der Waals surface area contributed by atoms with Crippen LogP contribution in [0.15, 0.2) is 188 Å². The number of benzene rings is 9. The van der Waals surface area contributed by atoms with Crippen LogP contribution in [0, 0.1) is 0 Å². The van der Waals surface area contributed by atoms with Crippen LogP contribution in [0.5, 0.6) is 0 Å². The van der Waals surface area contributed by atoms with Gasteiger partial charge in [0.15, 0.2) is 0 Å². The highest BCUT2D eigenvalue weighted by molar-refractivity contribution is 6.42. The number of fused-ring (bicyclic) bond motifs is 14. The van der Waals surface area contributed by atoms with E-state index in [1.807, 2.05) is 6.07 Å². The van der Waals surface area contributed by atoms with E-state index in [2.05, 4.69) is 191 Å². The summed E-state index contributed by atoms with van der Waals surface area (Å²) in [5.74, 6) is 1.49. The van der Waals surface area contributed by atoms with Crippen LogP contribution in [0.1, 0.15) is 0 Å². The van der Waals surface area contributed by atoms with Gasteiger partial charge in [-0.25, -0.2) is 15.0 Å². The Bertz CT molecular complexity index is 3510. The number of rotatable bonds is 4. The van der Waals surface area contributed by atoms with Gasteiger partial charge < -0.3 is 0 Å². The van der Waals surface area contributed by atoms with Crippen molar-refractivity contribution in [2.24, 2.45) is 0 Å². The van der Waals surface area contributed by atoms with E-state index in [0.717, 1.165) is 77.5 Å². The fourth-order valence-electron chi connectivity index (χ4n) is 8.97. The molecule has 0 atom stereocenters. The van der Waals surface area contributed by atoms with Gasteiger partial charge in [0.05, 0.1) is 27.8 Å². The third-order valence-corrected chi connectivity index (χ3v) is 11.3. The molecule has 0 radical (unpaired) electrons. The number of para-hydroxylation sites is 3. The van der Waals surface area contributed by atoms with Crippen molar-refractivity contribution in [1.29, 1.82) is 0 Å². The molecule has 0 bridgehead atoms. The fourth-order valence-corrected chi connectivity index (χ4v) is 8.97. The Labute approximate surface area is 321 Å². The maximum Gasteiger partial charge on any atom is 0.235 e. The second-order valence-electron chi connectivity index (χ2n) is 14.3. The van der Waals surface area contributed by atoms with E-state index < -0.39 is 0 Å². The molecule has 5 nitrogen and oxygen atoms in total. The van der Waals surface area contributed by atoms with Gasteiger partial charge in [0.2, 0.25) is 5.95 Å². The van der Waals surface area contributed by atoms with E-state index >= 15 is 0 Å². The normalized spacial score (nSPS) is 11.9. The molecule has 12 aromatic rings. The highest BCUT2D eigenvalue weighted by Crippen LogP contribution is 2.49. The molecule has 0 aliphatic rings. The van der Waals surface area contributed by atoms with Crippen molar-refractivity contribution < 1.29 is 0 Å². The number of imidazole rings is 1. The Morgan fingerprint density at radius 1 is 0.339 bits per heavy atom. The number of hydrogen-bond acceptors (Lipinski definition) is 3. The quantitative estimate of drug-likeness (QED) is 0.171. The maximum atomic E-state index is 5.72. The number of aromatic nitrogens is 5. The van der Waals surface area contributed by atoms with Gasteiger partial charge >= 0.3 is 0 Å². The number of hydrogen-bond donors (Lipinski definition) is 0. The van der Waals surface area contributed by atoms with E-state index in [0.29, 0.717) is 5.95 Å². The SMILES string of the molecule is c1ccc(-c2nc(-n3c4ccccc4c4c5c6ccccc6c6ccccc6c5c5nc(-c6ccccc6)n(-c6ccccc6)c5c43)nc3ccccc23)cc1.